The fraction of sp³-hybridized carbons (Fsp3) is 0.238. The lowest BCUT2D eigenvalue weighted by atomic mass is 9.95. The van der Waals surface area contributed by atoms with E-state index >= 15 is 0 Å². The van der Waals surface area contributed by atoms with Crippen LogP contribution in [0.2, 0.25) is 0 Å². The number of carbonyl (C=O) groups is 2. The van der Waals surface area contributed by atoms with E-state index in [1.807, 2.05) is 40.7 Å². The molecule has 0 saturated carbocycles. The second-order valence-electron chi connectivity index (χ2n) is 6.66. The van der Waals surface area contributed by atoms with Crippen LogP contribution in [0.5, 0.6) is 5.75 Å². The summed E-state index contributed by atoms with van der Waals surface area (Å²) in [4.78, 5) is 27.3. The lowest BCUT2D eigenvalue weighted by Gasteiger charge is -2.13. The molecule has 1 fully saturated rings. The Hall–Kier alpha value is -3.08. The molecule has 5 heteroatoms. The van der Waals surface area contributed by atoms with Crippen LogP contribution in [-0.2, 0) is 9.59 Å². The van der Waals surface area contributed by atoms with Crippen LogP contribution in [0.25, 0.3) is 5.57 Å². The monoisotopic (exact) mass is 351 g/mol. The minimum absolute atomic E-state index is 0.0757. The molecule has 0 unspecified atom stereocenters. The summed E-state index contributed by atoms with van der Waals surface area (Å²) < 4.78 is 5.59. The maximum absolute atomic E-state index is 13.2. The van der Waals surface area contributed by atoms with Gasteiger partial charge in [-0.15, -0.1) is 0 Å². The van der Waals surface area contributed by atoms with Gasteiger partial charge in [-0.3, -0.25) is 9.59 Å². The molecule has 1 N–H and O–H groups in total. The fourth-order valence-corrected chi connectivity index (χ4v) is 3.32. The second kappa shape index (κ2) is 6.33. The number of phenolic OH excluding ortho intramolecular Hbond substituents is 1. The van der Waals surface area contributed by atoms with E-state index in [1.165, 1.54) is 12.1 Å². The van der Waals surface area contributed by atoms with Gasteiger partial charge in [0.1, 0.15) is 17.3 Å². The molecule has 2 aromatic rings. The van der Waals surface area contributed by atoms with Gasteiger partial charge < -0.3 is 9.52 Å². The van der Waals surface area contributed by atoms with Crippen LogP contribution < -0.4 is 4.90 Å². The van der Waals surface area contributed by atoms with Gasteiger partial charge in [-0.25, -0.2) is 4.90 Å². The zero-order valence-corrected chi connectivity index (χ0v) is 15.5. The van der Waals surface area contributed by atoms with E-state index in [0.717, 1.165) is 27.4 Å². The molecule has 1 aliphatic heterocycles. The standard InChI is InChI=1S/C21H21NO4/c1-11(2)18-19(13(4)17-10-12(3)26-14(17)5)21(25)22(20(18)24)15-6-8-16(23)9-7-15/h6-10,23H,1-5H3. The van der Waals surface area contributed by atoms with Gasteiger partial charge in [0.15, 0.2) is 0 Å². The van der Waals surface area contributed by atoms with Crippen molar-refractivity contribution >= 4 is 23.1 Å². The van der Waals surface area contributed by atoms with E-state index in [1.54, 1.807) is 12.1 Å². The molecule has 26 heavy (non-hydrogen) atoms. The number of anilines is 1. The third-order valence-electron chi connectivity index (χ3n) is 4.51. The van der Waals surface area contributed by atoms with E-state index in [0.29, 0.717) is 22.6 Å². The van der Waals surface area contributed by atoms with Crippen molar-refractivity contribution in [3.05, 3.63) is 64.1 Å². The minimum Gasteiger partial charge on any atom is -0.508 e. The average molecular weight is 351 g/mol. The Bertz CT molecular complexity index is 970. The zero-order valence-electron chi connectivity index (χ0n) is 15.5. The van der Waals surface area contributed by atoms with Crippen molar-refractivity contribution < 1.29 is 19.1 Å². The maximum atomic E-state index is 13.2. The smallest absolute Gasteiger partial charge is 0.266 e. The molecular weight excluding hydrogens is 330 g/mol. The molecule has 1 aromatic heterocycles. The van der Waals surface area contributed by atoms with Gasteiger partial charge in [-0.05, 0) is 70.5 Å². The number of hydrogen-bond acceptors (Lipinski definition) is 4. The van der Waals surface area contributed by atoms with Crippen molar-refractivity contribution in [1.29, 1.82) is 0 Å². The van der Waals surface area contributed by atoms with E-state index in [4.69, 9.17) is 4.42 Å². The summed E-state index contributed by atoms with van der Waals surface area (Å²) in [5.74, 6) is 0.819. The number of imide groups is 1. The third kappa shape index (κ3) is 2.75. The summed E-state index contributed by atoms with van der Waals surface area (Å²) in [6, 6.07) is 7.90. The molecule has 2 heterocycles. The van der Waals surface area contributed by atoms with Crippen molar-refractivity contribution in [2.75, 3.05) is 4.90 Å². The summed E-state index contributed by atoms with van der Waals surface area (Å²) in [6.45, 7) is 9.17. The lowest BCUT2D eigenvalue weighted by Crippen LogP contribution is -2.29. The molecule has 0 radical (unpaired) electrons. The predicted octanol–water partition coefficient (Wildman–Crippen LogP) is 4.29. The number of rotatable bonds is 2. The number of nitrogens with zero attached hydrogens (tertiary/aromatic N) is 1. The molecule has 0 atom stereocenters. The summed E-state index contributed by atoms with van der Waals surface area (Å²) in [7, 11) is 0. The first-order valence-electron chi connectivity index (χ1n) is 8.36. The summed E-state index contributed by atoms with van der Waals surface area (Å²) in [5, 5.41) is 9.48. The highest BCUT2D eigenvalue weighted by atomic mass is 16.3. The molecule has 2 amide bonds. The normalized spacial score (nSPS) is 16.5. The first-order valence-corrected chi connectivity index (χ1v) is 8.36. The topological polar surface area (TPSA) is 70.8 Å². The number of benzene rings is 1. The van der Waals surface area contributed by atoms with Gasteiger partial charge in [0.2, 0.25) is 0 Å². The number of allylic oxidation sites excluding steroid dienone is 2. The van der Waals surface area contributed by atoms with Crippen molar-refractivity contribution in [2.45, 2.75) is 34.6 Å². The molecule has 134 valence electrons. The van der Waals surface area contributed by atoms with Crippen molar-refractivity contribution in [2.24, 2.45) is 0 Å². The van der Waals surface area contributed by atoms with Crippen LogP contribution in [0.3, 0.4) is 0 Å². The van der Waals surface area contributed by atoms with Crippen LogP contribution in [0.15, 0.2) is 51.5 Å². The maximum Gasteiger partial charge on any atom is 0.266 e. The summed E-state index contributed by atoms with van der Waals surface area (Å²) in [6.07, 6.45) is 0. The Morgan fingerprint density at radius 3 is 2.04 bits per heavy atom. The molecule has 1 aliphatic rings. The van der Waals surface area contributed by atoms with Crippen LogP contribution >= 0.6 is 0 Å². The first-order chi connectivity index (χ1) is 12.2. The van der Waals surface area contributed by atoms with E-state index < -0.39 is 0 Å². The van der Waals surface area contributed by atoms with Gasteiger partial charge >= 0.3 is 0 Å². The zero-order chi connectivity index (χ0) is 19.2. The Labute approximate surface area is 152 Å². The molecular formula is C21H21NO4. The van der Waals surface area contributed by atoms with Crippen molar-refractivity contribution in [1.82, 2.24) is 0 Å². The van der Waals surface area contributed by atoms with Gasteiger partial charge in [-0.1, -0.05) is 5.57 Å². The van der Waals surface area contributed by atoms with Gasteiger partial charge in [0.05, 0.1) is 16.8 Å². The minimum atomic E-state index is -0.368. The first kappa shape index (κ1) is 17.7. The highest BCUT2D eigenvalue weighted by molar-refractivity contribution is 6.39. The number of aryl methyl sites for hydroxylation is 2. The van der Waals surface area contributed by atoms with Crippen molar-refractivity contribution in [3.63, 3.8) is 0 Å². The molecule has 1 saturated heterocycles. The second-order valence-corrected chi connectivity index (χ2v) is 6.66. The van der Waals surface area contributed by atoms with Crippen molar-refractivity contribution in [3.8, 4) is 5.75 Å². The third-order valence-corrected chi connectivity index (χ3v) is 4.51. The van der Waals surface area contributed by atoms with Gasteiger partial charge in [0, 0.05) is 5.56 Å². The summed E-state index contributed by atoms with van der Waals surface area (Å²) >= 11 is 0. The Morgan fingerprint density at radius 1 is 0.962 bits per heavy atom. The highest BCUT2D eigenvalue weighted by Crippen LogP contribution is 2.38. The summed E-state index contributed by atoms with van der Waals surface area (Å²) in [5.41, 5.74) is 3.56. The fourth-order valence-electron chi connectivity index (χ4n) is 3.32. The molecule has 5 nitrogen and oxygen atoms in total. The largest absolute Gasteiger partial charge is 0.508 e. The van der Waals surface area contributed by atoms with E-state index in [-0.39, 0.29) is 17.6 Å². The quantitative estimate of drug-likeness (QED) is 0.647. The number of amides is 2. The van der Waals surface area contributed by atoms with Crippen LogP contribution in [0, 0.1) is 13.8 Å². The number of furan rings is 1. The Kier molecular flexibility index (Phi) is 4.32. The Morgan fingerprint density at radius 2 is 1.54 bits per heavy atom. The lowest BCUT2D eigenvalue weighted by molar-refractivity contribution is -0.119. The molecule has 1 aromatic carbocycles. The average Bonchev–Trinajstić information content (AvgIpc) is 3.04. The number of aromatic hydroxyl groups is 1. The highest BCUT2D eigenvalue weighted by Gasteiger charge is 2.42. The molecule has 0 bridgehead atoms. The Balaban J connectivity index is 2.22. The van der Waals surface area contributed by atoms with Gasteiger partial charge in [-0.2, -0.15) is 0 Å². The molecule has 0 spiro atoms. The van der Waals surface area contributed by atoms with Crippen LogP contribution in [0.1, 0.15) is 37.9 Å². The van der Waals surface area contributed by atoms with Gasteiger partial charge in [0.25, 0.3) is 11.8 Å². The van der Waals surface area contributed by atoms with E-state index in [9.17, 15) is 14.7 Å². The number of hydrogen-bond donors (Lipinski definition) is 1. The SMILES string of the molecule is CC(C)=C1C(=O)N(c2ccc(O)cc2)C(=O)C1=C(C)c1cc(C)oc1C. The number of phenols is 1. The van der Waals surface area contributed by atoms with Crippen LogP contribution in [0.4, 0.5) is 5.69 Å². The predicted molar refractivity (Wildman–Crippen MR) is 99.7 cm³/mol. The van der Waals surface area contributed by atoms with Crippen LogP contribution in [-0.4, -0.2) is 16.9 Å². The number of carbonyl (C=O) groups excluding carboxylic acids is 2. The molecule has 0 aliphatic carbocycles. The van der Waals surface area contributed by atoms with E-state index in [2.05, 4.69) is 0 Å². The molecule has 3 rings (SSSR count).